The fourth-order valence-corrected chi connectivity index (χ4v) is 2.62. The molecule has 1 N–H and O–H groups in total. The lowest BCUT2D eigenvalue weighted by Gasteiger charge is -2.20. The summed E-state index contributed by atoms with van der Waals surface area (Å²) in [6, 6.07) is 6.47. The maximum Gasteiger partial charge on any atom is 0.222 e. The molecule has 0 spiro atoms. The van der Waals surface area contributed by atoms with Gasteiger partial charge in [0, 0.05) is 26.1 Å². The van der Waals surface area contributed by atoms with Crippen molar-refractivity contribution in [3.8, 4) is 0 Å². The fraction of sp³-hybridized carbons (Fsp3) is 0.562. The lowest BCUT2D eigenvalue weighted by atomic mass is 10.0. The minimum Gasteiger partial charge on any atom is -0.341 e. The van der Waals surface area contributed by atoms with E-state index in [1.807, 2.05) is 4.90 Å². The number of nitrogens with zero attached hydrogens (tertiary/aromatic N) is 1. The number of carbonyl (C=O) groups excluding carboxylic acids is 1. The zero-order valence-corrected chi connectivity index (χ0v) is 12.0. The monoisotopic (exact) mass is 260 g/mol. The Morgan fingerprint density at radius 3 is 2.89 bits per heavy atom. The molecule has 0 aliphatic carbocycles. The Morgan fingerprint density at radius 1 is 1.26 bits per heavy atom. The molecule has 1 amide bonds. The number of benzene rings is 1. The van der Waals surface area contributed by atoms with E-state index >= 15 is 0 Å². The Bertz CT molecular complexity index is 434. The molecule has 19 heavy (non-hydrogen) atoms. The van der Waals surface area contributed by atoms with E-state index in [2.05, 4.69) is 37.4 Å². The van der Waals surface area contributed by atoms with Gasteiger partial charge >= 0.3 is 0 Å². The van der Waals surface area contributed by atoms with Crippen molar-refractivity contribution in [2.24, 2.45) is 0 Å². The van der Waals surface area contributed by atoms with Gasteiger partial charge in [-0.1, -0.05) is 23.8 Å². The van der Waals surface area contributed by atoms with Gasteiger partial charge in [-0.25, -0.2) is 0 Å². The third kappa shape index (κ3) is 4.06. The molecule has 1 fully saturated rings. The first-order chi connectivity index (χ1) is 9.16. The number of hydrogen-bond donors (Lipinski definition) is 1. The summed E-state index contributed by atoms with van der Waals surface area (Å²) >= 11 is 0. The Labute approximate surface area is 116 Å². The first-order valence-corrected chi connectivity index (χ1v) is 7.21. The molecule has 0 atom stereocenters. The summed E-state index contributed by atoms with van der Waals surface area (Å²) in [5.41, 5.74) is 3.88. The number of amides is 1. The predicted octanol–water partition coefficient (Wildman–Crippen LogP) is 2.06. The topological polar surface area (TPSA) is 32.3 Å². The summed E-state index contributed by atoms with van der Waals surface area (Å²) in [5.74, 6) is 0.295. The van der Waals surface area contributed by atoms with Crippen LogP contribution in [0.2, 0.25) is 0 Å². The van der Waals surface area contributed by atoms with Crippen molar-refractivity contribution in [2.45, 2.75) is 33.1 Å². The Kier molecular flexibility index (Phi) is 4.97. The summed E-state index contributed by atoms with van der Waals surface area (Å²) in [6.07, 6.45) is 2.55. The fourth-order valence-electron chi connectivity index (χ4n) is 2.62. The largest absolute Gasteiger partial charge is 0.341 e. The van der Waals surface area contributed by atoms with Gasteiger partial charge in [0.15, 0.2) is 0 Å². The Morgan fingerprint density at radius 2 is 2.11 bits per heavy atom. The van der Waals surface area contributed by atoms with Gasteiger partial charge in [0.05, 0.1) is 0 Å². The number of hydrogen-bond acceptors (Lipinski definition) is 2. The highest BCUT2D eigenvalue weighted by Crippen LogP contribution is 2.13. The van der Waals surface area contributed by atoms with Crippen molar-refractivity contribution in [1.82, 2.24) is 10.2 Å². The molecule has 0 aromatic heterocycles. The number of carbonyl (C=O) groups is 1. The van der Waals surface area contributed by atoms with Gasteiger partial charge in [-0.3, -0.25) is 4.79 Å². The van der Waals surface area contributed by atoms with Gasteiger partial charge in [0.2, 0.25) is 5.91 Å². The lowest BCUT2D eigenvalue weighted by Crippen LogP contribution is -2.34. The first kappa shape index (κ1) is 14.1. The maximum absolute atomic E-state index is 12.2. The van der Waals surface area contributed by atoms with Crippen LogP contribution in [0.4, 0.5) is 0 Å². The van der Waals surface area contributed by atoms with Gasteiger partial charge in [-0.15, -0.1) is 0 Å². The summed E-state index contributed by atoms with van der Waals surface area (Å²) in [4.78, 5) is 14.2. The van der Waals surface area contributed by atoms with Crippen molar-refractivity contribution < 1.29 is 4.79 Å². The molecule has 1 aliphatic heterocycles. The molecule has 1 aliphatic rings. The van der Waals surface area contributed by atoms with Crippen LogP contribution in [-0.2, 0) is 11.2 Å². The molecule has 1 aromatic carbocycles. The molecule has 0 radical (unpaired) electrons. The first-order valence-electron chi connectivity index (χ1n) is 7.21. The summed E-state index contributed by atoms with van der Waals surface area (Å²) < 4.78 is 0. The van der Waals surface area contributed by atoms with Crippen molar-refractivity contribution in [3.63, 3.8) is 0 Å². The van der Waals surface area contributed by atoms with Crippen molar-refractivity contribution >= 4 is 5.91 Å². The smallest absolute Gasteiger partial charge is 0.222 e. The molecule has 3 heteroatoms. The van der Waals surface area contributed by atoms with E-state index in [-0.39, 0.29) is 0 Å². The van der Waals surface area contributed by atoms with Crippen LogP contribution in [0.5, 0.6) is 0 Å². The Hall–Kier alpha value is -1.35. The van der Waals surface area contributed by atoms with E-state index in [4.69, 9.17) is 0 Å². The zero-order valence-electron chi connectivity index (χ0n) is 12.0. The molecule has 0 unspecified atom stereocenters. The SMILES string of the molecule is Cc1ccc(CCC(=O)N2CCCNCC2)c(C)c1. The number of nitrogens with one attached hydrogen (secondary N) is 1. The molecule has 1 saturated heterocycles. The second kappa shape index (κ2) is 6.71. The molecule has 0 saturated carbocycles. The normalized spacial score (nSPS) is 16.2. The number of rotatable bonds is 3. The molecular formula is C16H24N2O. The average Bonchev–Trinajstić information content (AvgIpc) is 2.66. The third-order valence-corrected chi connectivity index (χ3v) is 3.80. The number of aryl methyl sites for hydroxylation is 3. The van der Waals surface area contributed by atoms with Crippen LogP contribution in [-0.4, -0.2) is 37.0 Å². The minimum absolute atomic E-state index is 0.295. The van der Waals surface area contributed by atoms with Crippen LogP contribution < -0.4 is 5.32 Å². The lowest BCUT2D eigenvalue weighted by molar-refractivity contribution is -0.130. The van der Waals surface area contributed by atoms with Crippen molar-refractivity contribution in [3.05, 3.63) is 34.9 Å². The predicted molar refractivity (Wildman–Crippen MR) is 78.3 cm³/mol. The van der Waals surface area contributed by atoms with Crippen molar-refractivity contribution in [2.75, 3.05) is 26.2 Å². The highest BCUT2D eigenvalue weighted by atomic mass is 16.2. The van der Waals surface area contributed by atoms with Gasteiger partial charge in [0.25, 0.3) is 0 Å². The average molecular weight is 260 g/mol. The standard InChI is InChI=1S/C16H24N2O/c1-13-4-5-15(14(2)12-13)6-7-16(19)18-10-3-8-17-9-11-18/h4-5,12,17H,3,6-11H2,1-2H3. The van der Waals surface area contributed by atoms with Crippen LogP contribution >= 0.6 is 0 Å². The van der Waals surface area contributed by atoms with Crippen LogP contribution in [0.3, 0.4) is 0 Å². The van der Waals surface area contributed by atoms with Gasteiger partial charge in [-0.05, 0) is 44.4 Å². The Balaban J connectivity index is 1.88. The highest BCUT2D eigenvalue weighted by molar-refractivity contribution is 5.76. The highest BCUT2D eigenvalue weighted by Gasteiger charge is 2.15. The zero-order chi connectivity index (χ0) is 13.7. The summed E-state index contributed by atoms with van der Waals surface area (Å²) in [6.45, 7) is 7.94. The minimum atomic E-state index is 0.295. The van der Waals surface area contributed by atoms with E-state index in [0.717, 1.165) is 39.0 Å². The van der Waals surface area contributed by atoms with Gasteiger partial charge in [0.1, 0.15) is 0 Å². The molecule has 1 heterocycles. The quantitative estimate of drug-likeness (QED) is 0.902. The molecule has 104 valence electrons. The van der Waals surface area contributed by atoms with Crippen LogP contribution in [0.1, 0.15) is 29.5 Å². The molecule has 2 rings (SSSR count). The van der Waals surface area contributed by atoms with E-state index in [1.54, 1.807) is 0 Å². The van der Waals surface area contributed by atoms with E-state index in [1.165, 1.54) is 16.7 Å². The third-order valence-electron chi connectivity index (χ3n) is 3.80. The van der Waals surface area contributed by atoms with E-state index in [9.17, 15) is 4.79 Å². The maximum atomic E-state index is 12.2. The van der Waals surface area contributed by atoms with Crippen LogP contribution in [0.25, 0.3) is 0 Å². The summed E-state index contributed by atoms with van der Waals surface area (Å²) in [5, 5.41) is 3.33. The molecular weight excluding hydrogens is 236 g/mol. The van der Waals surface area contributed by atoms with E-state index in [0.29, 0.717) is 12.3 Å². The molecule has 3 nitrogen and oxygen atoms in total. The van der Waals surface area contributed by atoms with Gasteiger partial charge in [-0.2, -0.15) is 0 Å². The van der Waals surface area contributed by atoms with Crippen LogP contribution in [0, 0.1) is 13.8 Å². The van der Waals surface area contributed by atoms with Gasteiger partial charge < -0.3 is 10.2 Å². The summed E-state index contributed by atoms with van der Waals surface area (Å²) in [7, 11) is 0. The molecule has 0 bridgehead atoms. The molecule has 1 aromatic rings. The van der Waals surface area contributed by atoms with Crippen LogP contribution in [0.15, 0.2) is 18.2 Å². The van der Waals surface area contributed by atoms with E-state index < -0.39 is 0 Å². The van der Waals surface area contributed by atoms with Crippen molar-refractivity contribution in [1.29, 1.82) is 0 Å². The second-order valence-corrected chi connectivity index (χ2v) is 5.41. The second-order valence-electron chi connectivity index (χ2n) is 5.41.